The zero-order valence-corrected chi connectivity index (χ0v) is 18.6. The summed E-state index contributed by atoms with van der Waals surface area (Å²) in [6.07, 6.45) is 2.68. The first kappa shape index (κ1) is 21.0. The van der Waals surface area contributed by atoms with Gasteiger partial charge in [0.2, 0.25) is 0 Å². The molecular formula is C23H27FN6O. The zero-order chi connectivity index (χ0) is 22.1. The Labute approximate surface area is 181 Å². The lowest BCUT2D eigenvalue weighted by Crippen LogP contribution is -2.13. The van der Waals surface area contributed by atoms with Crippen molar-refractivity contribution in [1.29, 1.82) is 0 Å². The molecule has 7 nitrogen and oxygen atoms in total. The molecule has 0 unspecified atom stereocenters. The highest BCUT2D eigenvalue weighted by molar-refractivity contribution is 5.71. The minimum absolute atomic E-state index is 0.328. The largest absolute Gasteiger partial charge is 0.492 e. The van der Waals surface area contributed by atoms with Crippen LogP contribution in [0.4, 0.5) is 4.39 Å². The Kier molecular flexibility index (Phi) is 5.73. The van der Waals surface area contributed by atoms with Crippen molar-refractivity contribution in [3.63, 3.8) is 0 Å². The standard InChI is InChI=1S/C23H27FN6O/c1-15-19(16(2)29(5)27-15)10-11-31-21-12-18(24)7-8-20(21)17-6-9-22-25-26-23(14-28(3)4)30(22)13-17/h6-9,12-13H,10-11,14H2,1-5H3. The third kappa shape index (κ3) is 4.29. The smallest absolute Gasteiger partial charge is 0.160 e. The van der Waals surface area contributed by atoms with Gasteiger partial charge >= 0.3 is 0 Å². The summed E-state index contributed by atoms with van der Waals surface area (Å²) >= 11 is 0. The number of aromatic nitrogens is 5. The van der Waals surface area contributed by atoms with Crippen molar-refractivity contribution in [3.05, 3.63) is 65.1 Å². The molecule has 0 amide bonds. The molecule has 1 aromatic carbocycles. The summed E-state index contributed by atoms with van der Waals surface area (Å²) in [4.78, 5) is 2.04. The van der Waals surface area contributed by atoms with Gasteiger partial charge in [0.25, 0.3) is 0 Å². The lowest BCUT2D eigenvalue weighted by Gasteiger charge is -2.13. The minimum Gasteiger partial charge on any atom is -0.492 e. The van der Waals surface area contributed by atoms with E-state index in [2.05, 4.69) is 15.3 Å². The van der Waals surface area contributed by atoms with E-state index in [4.69, 9.17) is 4.74 Å². The highest BCUT2D eigenvalue weighted by Gasteiger charge is 2.14. The van der Waals surface area contributed by atoms with Crippen LogP contribution in [-0.4, -0.2) is 50.0 Å². The Morgan fingerprint density at radius 1 is 1.10 bits per heavy atom. The van der Waals surface area contributed by atoms with Crippen molar-refractivity contribution in [2.24, 2.45) is 7.05 Å². The second kappa shape index (κ2) is 8.47. The fraction of sp³-hybridized carbons (Fsp3) is 0.348. The molecule has 8 heteroatoms. The first-order valence-corrected chi connectivity index (χ1v) is 10.2. The molecule has 0 spiro atoms. The topological polar surface area (TPSA) is 60.5 Å². The van der Waals surface area contributed by atoms with E-state index >= 15 is 0 Å². The van der Waals surface area contributed by atoms with Crippen LogP contribution in [0.2, 0.25) is 0 Å². The molecule has 0 N–H and O–H groups in total. The first-order chi connectivity index (χ1) is 14.8. The maximum Gasteiger partial charge on any atom is 0.160 e. The summed E-state index contributed by atoms with van der Waals surface area (Å²) in [5.74, 6) is 1.03. The lowest BCUT2D eigenvalue weighted by molar-refractivity contribution is 0.321. The molecular weight excluding hydrogens is 395 g/mol. The Bertz CT molecular complexity index is 1230. The van der Waals surface area contributed by atoms with Crippen LogP contribution in [0.1, 0.15) is 22.8 Å². The Hall–Kier alpha value is -3.26. The summed E-state index contributed by atoms with van der Waals surface area (Å²) in [5.41, 5.74) is 5.79. The summed E-state index contributed by atoms with van der Waals surface area (Å²) in [6, 6.07) is 8.52. The van der Waals surface area contributed by atoms with Gasteiger partial charge in [-0.25, -0.2) is 4.39 Å². The van der Waals surface area contributed by atoms with Gasteiger partial charge in [-0.2, -0.15) is 5.10 Å². The average molecular weight is 423 g/mol. The van der Waals surface area contributed by atoms with Gasteiger partial charge < -0.3 is 9.64 Å². The second-order valence-electron chi connectivity index (χ2n) is 8.01. The Balaban J connectivity index is 1.62. The number of aryl methyl sites for hydroxylation is 2. The van der Waals surface area contributed by atoms with Crippen molar-refractivity contribution >= 4 is 5.65 Å². The SMILES string of the molecule is Cc1nn(C)c(C)c1CCOc1cc(F)ccc1-c1ccc2nnc(CN(C)C)n2c1. The van der Waals surface area contributed by atoms with Gasteiger partial charge in [-0.05, 0) is 57.8 Å². The quantitative estimate of drug-likeness (QED) is 0.456. The first-order valence-electron chi connectivity index (χ1n) is 10.2. The predicted octanol–water partition coefficient (Wildman–Crippen LogP) is 3.57. The molecule has 0 saturated carbocycles. The number of fused-ring (bicyclic) bond motifs is 1. The van der Waals surface area contributed by atoms with Crippen LogP contribution in [0, 0.1) is 19.7 Å². The fourth-order valence-corrected chi connectivity index (χ4v) is 3.78. The Morgan fingerprint density at radius 3 is 2.61 bits per heavy atom. The predicted molar refractivity (Wildman–Crippen MR) is 118 cm³/mol. The van der Waals surface area contributed by atoms with Gasteiger partial charge in [0.05, 0.1) is 18.8 Å². The van der Waals surface area contributed by atoms with E-state index in [0.29, 0.717) is 25.3 Å². The van der Waals surface area contributed by atoms with Crippen LogP contribution in [0.15, 0.2) is 36.5 Å². The van der Waals surface area contributed by atoms with E-state index in [0.717, 1.165) is 34.0 Å². The number of halogens is 1. The molecule has 0 fully saturated rings. The van der Waals surface area contributed by atoms with Crippen molar-refractivity contribution < 1.29 is 9.13 Å². The second-order valence-corrected chi connectivity index (χ2v) is 8.01. The van der Waals surface area contributed by atoms with Crippen LogP contribution in [0.3, 0.4) is 0 Å². The molecule has 0 bridgehead atoms. The highest BCUT2D eigenvalue weighted by atomic mass is 19.1. The van der Waals surface area contributed by atoms with Gasteiger partial charge in [0.15, 0.2) is 11.5 Å². The van der Waals surface area contributed by atoms with Crippen LogP contribution < -0.4 is 4.74 Å². The molecule has 0 radical (unpaired) electrons. The van der Waals surface area contributed by atoms with E-state index in [-0.39, 0.29) is 5.82 Å². The third-order valence-corrected chi connectivity index (χ3v) is 5.45. The van der Waals surface area contributed by atoms with Crippen LogP contribution in [0.5, 0.6) is 5.75 Å². The number of hydrogen-bond donors (Lipinski definition) is 0. The maximum atomic E-state index is 14.0. The van der Waals surface area contributed by atoms with Crippen LogP contribution in [0.25, 0.3) is 16.8 Å². The monoisotopic (exact) mass is 422 g/mol. The van der Waals surface area contributed by atoms with Crippen LogP contribution >= 0.6 is 0 Å². The minimum atomic E-state index is -0.328. The van der Waals surface area contributed by atoms with Gasteiger partial charge in [-0.15, -0.1) is 10.2 Å². The molecule has 0 aliphatic rings. The molecule has 4 rings (SSSR count). The molecule has 0 aliphatic carbocycles. The third-order valence-electron chi connectivity index (χ3n) is 5.45. The molecule has 162 valence electrons. The van der Waals surface area contributed by atoms with Gasteiger partial charge in [0.1, 0.15) is 11.6 Å². The van der Waals surface area contributed by atoms with Crippen molar-refractivity contribution in [3.8, 4) is 16.9 Å². The molecule has 0 atom stereocenters. The van der Waals surface area contributed by atoms with E-state index in [9.17, 15) is 4.39 Å². The van der Waals surface area contributed by atoms with Crippen LogP contribution in [-0.2, 0) is 20.0 Å². The average Bonchev–Trinajstić information content (AvgIpc) is 3.22. The molecule has 31 heavy (non-hydrogen) atoms. The van der Waals surface area contributed by atoms with E-state index in [1.54, 1.807) is 6.07 Å². The van der Waals surface area contributed by atoms with Gasteiger partial charge in [0, 0.05) is 42.6 Å². The van der Waals surface area contributed by atoms with E-state index in [1.165, 1.54) is 17.7 Å². The number of ether oxygens (including phenoxy) is 1. The number of pyridine rings is 1. The number of benzene rings is 1. The number of hydrogen-bond acceptors (Lipinski definition) is 5. The molecule has 3 aromatic heterocycles. The fourth-order valence-electron chi connectivity index (χ4n) is 3.78. The van der Waals surface area contributed by atoms with Crippen molar-refractivity contribution in [2.75, 3.05) is 20.7 Å². The number of rotatable bonds is 7. The summed E-state index contributed by atoms with van der Waals surface area (Å²) in [5, 5.41) is 13.0. The molecule has 3 heterocycles. The normalized spacial score (nSPS) is 11.6. The summed E-state index contributed by atoms with van der Waals surface area (Å²) in [6.45, 7) is 5.14. The van der Waals surface area contributed by atoms with Gasteiger partial charge in [-0.3, -0.25) is 9.08 Å². The maximum absolute atomic E-state index is 14.0. The summed E-state index contributed by atoms with van der Waals surface area (Å²) in [7, 11) is 5.91. The van der Waals surface area contributed by atoms with Crippen molar-refractivity contribution in [2.45, 2.75) is 26.8 Å². The van der Waals surface area contributed by atoms with E-state index in [1.807, 2.05) is 67.3 Å². The molecule has 0 aliphatic heterocycles. The summed E-state index contributed by atoms with van der Waals surface area (Å²) < 4.78 is 23.9. The molecule has 4 aromatic rings. The number of nitrogens with zero attached hydrogens (tertiary/aromatic N) is 6. The van der Waals surface area contributed by atoms with Crippen molar-refractivity contribution in [1.82, 2.24) is 29.3 Å². The zero-order valence-electron chi connectivity index (χ0n) is 18.6. The lowest BCUT2D eigenvalue weighted by atomic mass is 10.1. The Morgan fingerprint density at radius 2 is 1.90 bits per heavy atom. The van der Waals surface area contributed by atoms with Gasteiger partial charge in [-0.1, -0.05) is 0 Å². The highest BCUT2D eigenvalue weighted by Crippen LogP contribution is 2.31. The molecule has 0 saturated heterocycles. The van der Waals surface area contributed by atoms with E-state index < -0.39 is 0 Å².